The molecule has 1 atom stereocenters. The zero-order valence-electron chi connectivity index (χ0n) is 9.19. The number of nitrogens with zero attached hydrogens (tertiary/aromatic N) is 2. The van der Waals surface area contributed by atoms with Crippen molar-refractivity contribution >= 4 is 12.3 Å². The molecule has 5 heteroatoms. The third-order valence-electron chi connectivity index (χ3n) is 2.90. The first-order valence-corrected chi connectivity index (χ1v) is 5.41. The normalized spacial score (nSPS) is 18.8. The summed E-state index contributed by atoms with van der Waals surface area (Å²) < 4.78 is 0. The van der Waals surface area contributed by atoms with Crippen LogP contribution in [0.3, 0.4) is 0 Å². The molecule has 1 fully saturated rings. The molecule has 86 valence electrons. The van der Waals surface area contributed by atoms with Gasteiger partial charge in [-0.3, -0.25) is 9.59 Å². The van der Waals surface area contributed by atoms with Crippen LogP contribution in [0.1, 0.15) is 13.3 Å². The Morgan fingerprint density at radius 3 is 2.40 bits per heavy atom. The van der Waals surface area contributed by atoms with Crippen molar-refractivity contribution in [2.45, 2.75) is 13.3 Å². The van der Waals surface area contributed by atoms with E-state index in [2.05, 4.69) is 0 Å². The zero-order valence-corrected chi connectivity index (χ0v) is 9.19. The molecule has 0 aromatic heterocycles. The minimum Gasteiger partial charge on any atom is -0.342 e. The molecule has 15 heavy (non-hydrogen) atoms. The molecule has 1 aliphatic rings. The molecule has 2 amide bonds. The summed E-state index contributed by atoms with van der Waals surface area (Å²) >= 11 is 0. The van der Waals surface area contributed by atoms with Gasteiger partial charge in [0, 0.05) is 32.7 Å². The van der Waals surface area contributed by atoms with E-state index in [1.54, 1.807) is 9.80 Å². The number of carbonyl (C=O) groups excluding carboxylic acids is 2. The summed E-state index contributed by atoms with van der Waals surface area (Å²) in [5.41, 5.74) is 5.53. The highest BCUT2D eigenvalue weighted by atomic mass is 16.2. The second-order valence-corrected chi connectivity index (χ2v) is 3.81. The zero-order chi connectivity index (χ0) is 11.3. The highest BCUT2D eigenvalue weighted by Crippen LogP contribution is 2.08. The molecule has 0 spiro atoms. The lowest BCUT2D eigenvalue weighted by Crippen LogP contribution is -2.50. The number of hydrogen-bond acceptors (Lipinski definition) is 3. The van der Waals surface area contributed by atoms with Gasteiger partial charge < -0.3 is 15.5 Å². The lowest BCUT2D eigenvalue weighted by molar-refractivity contribution is -0.138. The van der Waals surface area contributed by atoms with E-state index in [4.69, 9.17) is 5.73 Å². The summed E-state index contributed by atoms with van der Waals surface area (Å²) in [5, 5.41) is 0. The third kappa shape index (κ3) is 2.92. The SMILES string of the molecule is CCC(CN)C(=O)N1CCN(C=O)CC1. The van der Waals surface area contributed by atoms with Crippen LogP contribution >= 0.6 is 0 Å². The molecule has 0 aromatic rings. The maximum Gasteiger partial charge on any atom is 0.227 e. The van der Waals surface area contributed by atoms with E-state index in [-0.39, 0.29) is 11.8 Å². The lowest BCUT2D eigenvalue weighted by atomic mass is 10.0. The van der Waals surface area contributed by atoms with Gasteiger partial charge in [0.15, 0.2) is 0 Å². The van der Waals surface area contributed by atoms with Crippen LogP contribution in [0.15, 0.2) is 0 Å². The highest BCUT2D eigenvalue weighted by Gasteiger charge is 2.24. The van der Waals surface area contributed by atoms with Gasteiger partial charge in [-0.15, -0.1) is 0 Å². The predicted molar refractivity (Wildman–Crippen MR) is 57.1 cm³/mol. The van der Waals surface area contributed by atoms with Gasteiger partial charge in [0.25, 0.3) is 0 Å². The van der Waals surface area contributed by atoms with Crippen LogP contribution in [-0.4, -0.2) is 54.8 Å². The van der Waals surface area contributed by atoms with E-state index in [1.807, 2.05) is 6.92 Å². The maximum absolute atomic E-state index is 11.9. The van der Waals surface area contributed by atoms with Crippen LogP contribution < -0.4 is 5.73 Å². The van der Waals surface area contributed by atoms with Gasteiger partial charge in [-0.05, 0) is 6.42 Å². The molecule has 0 bridgehead atoms. The number of amides is 2. The van der Waals surface area contributed by atoms with E-state index in [9.17, 15) is 9.59 Å². The van der Waals surface area contributed by atoms with Crippen LogP contribution in [0.5, 0.6) is 0 Å². The summed E-state index contributed by atoms with van der Waals surface area (Å²) in [6.45, 7) is 4.91. The largest absolute Gasteiger partial charge is 0.342 e. The Kier molecular flexibility index (Phi) is 4.55. The summed E-state index contributed by atoms with van der Waals surface area (Å²) in [6, 6.07) is 0. The van der Waals surface area contributed by atoms with Gasteiger partial charge in [0.05, 0.1) is 5.92 Å². The van der Waals surface area contributed by atoms with Crippen LogP contribution in [0, 0.1) is 5.92 Å². The molecule has 0 aromatic carbocycles. The van der Waals surface area contributed by atoms with Crippen LogP contribution in [0.2, 0.25) is 0 Å². The minimum atomic E-state index is -0.0622. The minimum absolute atomic E-state index is 0.0622. The Labute approximate surface area is 90.2 Å². The molecule has 1 rings (SSSR count). The van der Waals surface area contributed by atoms with E-state index in [0.717, 1.165) is 12.8 Å². The average Bonchev–Trinajstić information content (AvgIpc) is 2.30. The summed E-state index contributed by atoms with van der Waals surface area (Å²) in [6.07, 6.45) is 1.62. The monoisotopic (exact) mass is 213 g/mol. The molecule has 1 unspecified atom stereocenters. The molecular formula is C10H19N3O2. The molecular weight excluding hydrogens is 194 g/mol. The Bertz CT molecular complexity index is 221. The average molecular weight is 213 g/mol. The predicted octanol–water partition coefficient (Wildman–Crippen LogP) is -0.728. The summed E-state index contributed by atoms with van der Waals surface area (Å²) in [7, 11) is 0. The molecule has 5 nitrogen and oxygen atoms in total. The van der Waals surface area contributed by atoms with Gasteiger partial charge in [-0.25, -0.2) is 0 Å². The first-order valence-electron chi connectivity index (χ1n) is 5.41. The van der Waals surface area contributed by atoms with Crippen molar-refractivity contribution in [3.8, 4) is 0 Å². The Hall–Kier alpha value is -1.10. The number of nitrogens with two attached hydrogens (primary N) is 1. The molecule has 0 radical (unpaired) electrons. The Morgan fingerprint density at radius 2 is 2.00 bits per heavy atom. The number of rotatable bonds is 4. The first-order chi connectivity index (χ1) is 7.22. The van der Waals surface area contributed by atoms with Crippen LogP contribution in [-0.2, 0) is 9.59 Å². The Morgan fingerprint density at radius 1 is 1.40 bits per heavy atom. The number of hydrogen-bond donors (Lipinski definition) is 1. The quantitative estimate of drug-likeness (QED) is 0.626. The lowest BCUT2D eigenvalue weighted by Gasteiger charge is -2.34. The van der Waals surface area contributed by atoms with Crippen molar-refractivity contribution in [3.05, 3.63) is 0 Å². The fourth-order valence-corrected chi connectivity index (χ4v) is 1.75. The maximum atomic E-state index is 11.9. The van der Waals surface area contributed by atoms with E-state index < -0.39 is 0 Å². The fourth-order valence-electron chi connectivity index (χ4n) is 1.75. The topological polar surface area (TPSA) is 66.6 Å². The van der Waals surface area contributed by atoms with E-state index in [0.29, 0.717) is 32.7 Å². The number of carbonyl (C=O) groups is 2. The van der Waals surface area contributed by atoms with Crippen molar-refractivity contribution in [1.82, 2.24) is 9.80 Å². The van der Waals surface area contributed by atoms with Gasteiger partial charge in [0.1, 0.15) is 0 Å². The molecule has 1 aliphatic heterocycles. The van der Waals surface area contributed by atoms with Crippen LogP contribution in [0.4, 0.5) is 0 Å². The van der Waals surface area contributed by atoms with Crippen molar-refractivity contribution in [3.63, 3.8) is 0 Å². The van der Waals surface area contributed by atoms with Crippen molar-refractivity contribution in [1.29, 1.82) is 0 Å². The standard InChI is InChI=1S/C10H19N3O2/c1-2-9(7-11)10(15)13-5-3-12(8-14)4-6-13/h8-9H,2-7,11H2,1H3. The second kappa shape index (κ2) is 5.70. The Balaban J connectivity index is 2.45. The smallest absolute Gasteiger partial charge is 0.227 e. The molecule has 1 saturated heterocycles. The highest BCUT2D eigenvalue weighted by molar-refractivity contribution is 5.79. The van der Waals surface area contributed by atoms with Crippen molar-refractivity contribution < 1.29 is 9.59 Å². The third-order valence-corrected chi connectivity index (χ3v) is 2.90. The molecule has 1 heterocycles. The van der Waals surface area contributed by atoms with Crippen molar-refractivity contribution in [2.24, 2.45) is 11.7 Å². The van der Waals surface area contributed by atoms with Gasteiger partial charge >= 0.3 is 0 Å². The van der Waals surface area contributed by atoms with Crippen LogP contribution in [0.25, 0.3) is 0 Å². The van der Waals surface area contributed by atoms with Gasteiger partial charge in [-0.2, -0.15) is 0 Å². The second-order valence-electron chi connectivity index (χ2n) is 3.81. The molecule has 0 saturated carbocycles. The van der Waals surface area contributed by atoms with E-state index >= 15 is 0 Å². The fraction of sp³-hybridized carbons (Fsp3) is 0.800. The molecule has 2 N–H and O–H groups in total. The van der Waals surface area contributed by atoms with E-state index in [1.165, 1.54) is 0 Å². The molecule has 0 aliphatic carbocycles. The van der Waals surface area contributed by atoms with Crippen molar-refractivity contribution in [2.75, 3.05) is 32.7 Å². The summed E-state index contributed by atoms with van der Waals surface area (Å²) in [5.74, 6) is 0.0679. The summed E-state index contributed by atoms with van der Waals surface area (Å²) in [4.78, 5) is 25.9. The number of piperazine rings is 1. The van der Waals surface area contributed by atoms with Gasteiger partial charge in [-0.1, -0.05) is 6.92 Å². The van der Waals surface area contributed by atoms with Gasteiger partial charge in [0.2, 0.25) is 12.3 Å². The first kappa shape index (κ1) is 12.0.